The first-order valence-electron chi connectivity index (χ1n) is 7.70. The summed E-state index contributed by atoms with van der Waals surface area (Å²) in [6, 6.07) is 8.51. The molecule has 0 aromatic heterocycles. The van der Waals surface area contributed by atoms with E-state index in [1.54, 1.807) is 0 Å². The minimum Gasteiger partial charge on any atom is -0.444 e. The molecule has 21 heavy (non-hydrogen) atoms. The zero-order valence-corrected chi connectivity index (χ0v) is 13.5. The number of benzene rings is 1. The van der Waals surface area contributed by atoms with Crippen LogP contribution in [0.25, 0.3) is 0 Å². The van der Waals surface area contributed by atoms with E-state index in [1.165, 1.54) is 11.1 Å². The van der Waals surface area contributed by atoms with Gasteiger partial charge in [-0.25, -0.2) is 4.79 Å². The Morgan fingerprint density at radius 1 is 1.43 bits per heavy atom. The average Bonchev–Trinajstić information content (AvgIpc) is 2.45. The van der Waals surface area contributed by atoms with Crippen molar-refractivity contribution >= 4 is 6.09 Å². The molecular weight excluding hydrogens is 264 g/mol. The van der Waals surface area contributed by atoms with Gasteiger partial charge in [-0.05, 0) is 38.3 Å². The van der Waals surface area contributed by atoms with Gasteiger partial charge in [0.05, 0.1) is 6.04 Å². The quantitative estimate of drug-likeness (QED) is 0.910. The molecule has 4 heteroatoms. The van der Waals surface area contributed by atoms with Crippen LogP contribution in [0, 0.1) is 0 Å². The summed E-state index contributed by atoms with van der Waals surface area (Å²) in [4.78, 5) is 14.3. The highest BCUT2D eigenvalue weighted by Gasteiger charge is 2.31. The number of carbonyl (C=O) groups excluding carboxylic acids is 1. The van der Waals surface area contributed by atoms with Crippen LogP contribution in [0.5, 0.6) is 0 Å². The van der Waals surface area contributed by atoms with Crippen molar-refractivity contribution in [1.82, 2.24) is 10.2 Å². The van der Waals surface area contributed by atoms with Crippen LogP contribution in [0.2, 0.25) is 0 Å². The van der Waals surface area contributed by atoms with E-state index in [2.05, 4.69) is 36.5 Å². The lowest BCUT2D eigenvalue weighted by Crippen LogP contribution is -2.50. The first-order chi connectivity index (χ1) is 9.90. The van der Waals surface area contributed by atoms with Gasteiger partial charge in [0.15, 0.2) is 0 Å². The van der Waals surface area contributed by atoms with E-state index in [9.17, 15) is 4.79 Å². The fraction of sp³-hybridized carbons (Fsp3) is 0.588. The largest absolute Gasteiger partial charge is 0.444 e. The van der Waals surface area contributed by atoms with E-state index in [1.807, 2.05) is 25.7 Å². The molecule has 1 N–H and O–H groups in total. The molecule has 1 aliphatic heterocycles. The van der Waals surface area contributed by atoms with Gasteiger partial charge in [-0.3, -0.25) is 4.90 Å². The standard InChI is InChI=1S/C17H26N2O2/c1-5-13-7-6-8-14(11-13)15-12-18-9-10-19(15)16(20)21-17(2,3)4/h6-8,11,15,18H,5,9-10,12H2,1-4H3. The molecule has 4 nitrogen and oxygen atoms in total. The molecule has 0 bridgehead atoms. The maximum absolute atomic E-state index is 12.4. The van der Waals surface area contributed by atoms with Crippen LogP contribution in [0.4, 0.5) is 4.79 Å². The van der Waals surface area contributed by atoms with Crippen LogP contribution in [0.1, 0.15) is 44.9 Å². The highest BCUT2D eigenvalue weighted by molar-refractivity contribution is 5.69. The van der Waals surface area contributed by atoms with E-state index in [-0.39, 0.29) is 12.1 Å². The van der Waals surface area contributed by atoms with E-state index >= 15 is 0 Å². The average molecular weight is 290 g/mol. The van der Waals surface area contributed by atoms with Gasteiger partial charge < -0.3 is 10.1 Å². The number of hydrogen-bond acceptors (Lipinski definition) is 3. The second-order valence-corrected chi connectivity index (χ2v) is 6.49. The van der Waals surface area contributed by atoms with Gasteiger partial charge in [0.2, 0.25) is 0 Å². The molecule has 0 saturated carbocycles. The van der Waals surface area contributed by atoms with Gasteiger partial charge in [-0.2, -0.15) is 0 Å². The van der Waals surface area contributed by atoms with Crippen LogP contribution in [-0.4, -0.2) is 36.2 Å². The number of carbonyl (C=O) groups is 1. The third-order valence-corrected chi connectivity index (χ3v) is 3.62. The normalized spacial score (nSPS) is 19.4. The third-order valence-electron chi connectivity index (χ3n) is 3.62. The molecule has 1 heterocycles. The summed E-state index contributed by atoms with van der Waals surface area (Å²) in [6.45, 7) is 10.1. The zero-order valence-electron chi connectivity index (χ0n) is 13.5. The first kappa shape index (κ1) is 15.8. The highest BCUT2D eigenvalue weighted by Crippen LogP contribution is 2.25. The predicted molar refractivity (Wildman–Crippen MR) is 84.4 cm³/mol. The smallest absolute Gasteiger partial charge is 0.410 e. The molecule has 1 saturated heterocycles. The van der Waals surface area contributed by atoms with Gasteiger partial charge in [-0.1, -0.05) is 31.2 Å². The fourth-order valence-electron chi connectivity index (χ4n) is 2.56. The Balaban J connectivity index is 2.20. The number of aryl methyl sites for hydroxylation is 1. The van der Waals surface area contributed by atoms with Crippen LogP contribution < -0.4 is 5.32 Å². The minimum atomic E-state index is -0.461. The topological polar surface area (TPSA) is 41.6 Å². The number of nitrogens with zero attached hydrogens (tertiary/aromatic N) is 1. The van der Waals surface area contributed by atoms with Crippen LogP contribution in [-0.2, 0) is 11.2 Å². The predicted octanol–water partition coefficient (Wildman–Crippen LogP) is 3.13. The van der Waals surface area contributed by atoms with Gasteiger partial charge >= 0.3 is 6.09 Å². The molecule has 0 radical (unpaired) electrons. The molecular formula is C17H26N2O2. The maximum atomic E-state index is 12.4. The van der Waals surface area contributed by atoms with Crippen molar-refractivity contribution < 1.29 is 9.53 Å². The molecule has 1 aromatic rings. The van der Waals surface area contributed by atoms with E-state index in [4.69, 9.17) is 4.74 Å². The van der Waals surface area contributed by atoms with Gasteiger partial charge in [0.25, 0.3) is 0 Å². The van der Waals surface area contributed by atoms with E-state index in [0.29, 0.717) is 6.54 Å². The van der Waals surface area contributed by atoms with Crippen molar-refractivity contribution in [2.45, 2.75) is 45.8 Å². The number of nitrogens with one attached hydrogen (secondary N) is 1. The molecule has 116 valence electrons. The van der Waals surface area contributed by atoms with Crippen LogP contribution in [0.15, 0.2) is 24.3 Å². The number of amides is 1. The molecule has 0 aliphatic carbocycles. The number of rotatable bonds is 2. The number of hydrogen-bond donors (Lipinski definition) is 1. The third kappa shape index (κ3) is 4.21. The van der Waals surface area contributed by atoms with E-state index < -0.39 is 5.60 Å². The van der Waals surface area contributed by atoms with Crippen molar-refractivity contribution in [2.75, 3.05) is 19.6 Å². The van der Waals surface area contributed by atoms with Gasteiger partial charge in [-0.15, -0.1) is 0 Å². The summed E-state index contributed by atoms with van der Waals surface area (Å²) in [5.74, 6) is 0. The molecule has 1 aromatic carbocycles. The monoisotopic (exact) mass is 290 g/mol. The summed E-state index contributed by atoms with van der Waals surface area (Å²) in [5.41, 5.74) is 2.01. The molecule has 1 fully saturated rings. The summed E-state index contributed by atoms with van der Waals surface area (Å²) in [6.07, 6.45) is 0.774. The Hall–Kier alpha value is -1.55. The van der Waals surface area contributed by atoms with Crippen molar-refractivity contribution in [2.24, 2.45) is 0 Å². The summed E-state index contributed by atoms with van der Waals surface area (Å²) in [5, 5.41) is 3.37. The molecule has 2 rings (SSSR count). The number of ether oxygens (including phenoxy) is 1. The highest BCUT2D eigenvalue weighted by atomic mass is 16.6. The SMILES string of the molecule is CCc1cccc(C2CNCCN2C(=O)OC(C)(C)C)c1. The Morgan fingerprint density at radius 2 is 2.19 bits per heavy atom. The van der Waals surface area contributed by atoms with Gasteiger partial charge in [0.1, 0.15) is 5.60 Å². The molecule has 1 atom stereocenters. The molecule has 1 unspecified atom stereocenters. The molecule has 0 spiro atoms. The van der Waals surface area contributed by atoms with Crippen molar-refractivity contribution in [3.63, 3.8) is 0 Å². The van der Waals surface area contributed by atoms with Crippen LogP contribution >= 0.6 is 0 Å². The first-order valence-corrected chi connectivity index (χ1v) is 7.70. The Morgan fingerprint density at radius 3 is 2.86 bits per heavy atom. The van der Waals surface area contributed by atoms with Crippen molar-refractivity contribution in [3.05, 3.63) is 35.4 Å². The lowest BCUT2D eigenvalue weighted by Gasteiger charge is -2.37. The minimum absolute atomic E-state index is 0.0418. The Bertz CT molecular complexity index is 494. The molecule has 1 aliphatic rings. The van der Waals surface area contributed by atoms with Crippen molar-refractivity contribution in [1.29, 1.82) is 0 Å². The molecule has 1 amide bonds. The summed E-state index contributed by atoms with van der Waals surface area (Å²) >= 11 is 0. The van der Waals surface area contributed by atoms with E-state index in [0.717, 1.165) is 19.5 Å². The zero-order chi connectivity index (χ0) is 15.5. The lowest BCUT2D eigenvalue weighted by atomic mass is 10.0. The Labute approximate surface area is 127 Å². The fourth-order valence-corrected chi connectivity index (χ4v) is 2.56. The lowest BCUT2D eigenvalue weighted by molar-refractivity contribution is 0.0118. The van der Waals surface area contributed by atoms with Gasteiger partial charge in [0, 0.05) is 19.6 Å². The summed E-state index contributed by atoms with van der Waals surface area (Å²) < 4.78 is 5.54. The maximum Gasteiger partial charge on any atom is 0.410 e. The van der Waals surface area contributed by atoms with Crippen LogP contribution in [0.3, 0.4) is 0 Å². The second kappa shape index (κ2) is 6.48. The van der Waals surface area contributed by atoms with Crippen molar-refractivity contribution in [3.8, 4) is 0 Å². The summed E-state index contributed by atoms with van der Waals surface area (Å²) in [7, 11) is 0. The Kier molecular flexibility index (Phi) is 4.88. The second-order valence-electron chi connectivity index (χ2n) is 6.49. The number of piperazine rings is 1.